The Hall–Kier alpha value is -2.26. The third-order valence-corrected chi connectivity index (χ3v) is 5.23. The molecule has 0 fully saturated rings. The summed E-state index contributed by atoms with van der Waals surface area (Å²) in [5.41, 5.74) is 0.214. The topological polar surface area (TPSA) is 61.2 Å². The van der Waals surface area contributed by atoms with E-state index in [2.05, 4.69) is 9.72 Å². The second-order valence-corrected chi connectivity index (χ2v) is 6.85. The van der Waals surface area contributed by atoms with Gasteiger partial charge in [-0.3, -0.25) is 14.2 Å². The summed E-state index contributed by atoms with van der Waals surface area (Å²) < 4.78 is 29.9. The van der Waals surface area contributed by atoms with Crippen LogP contribution in [0.15, 0.2) is 45.7 Å². The van der Waals surface area contributed by atoms with Crippen molar-refractivity contribution in [2.45, 2.75) is 11.8 Å². The number of hydrogen-bond acceptors (Lipinski definition) is 6. The van der Waals surface area contributed by atoms with Crippen LogP contribution < -0.4 is 10.3 Å². The maximum atomic E-state index is 12.2. The molecule has 0 aliphatic heterocycles. The lowest BCUT2D eigenvalue weighted by atomic mass is 10.1. The molecule has 1 aromatic carbocycles. The Labute approximate surface area is 149 Å². The van der Waals surface area contributed by atoms with Gasteiger partial charge in [-0.2, -0.15) is 8.78 Å². The monoisotopic (exact) mass is 382 g/mol. The summed E-state index contributed by atoms with van der Waals surface area (Å²) in [4.78, 5) is 29.5. The maximum absolute atomic E-state index is 12.2. The van der Waals surface area contributed by atoms with Crippen LogP contribution in [0, 0.1) is 0 Å². The predicted molar refractivity (Wildman–Crippen MR) is 93.0 cm³/mol. The first-order valence-corrected chi connectivity index (χ1v) is 8.97. The normalized spacial score (nSPS) is 11.2. The van der Waals surface area contributed by atoms with Crippen molar-refractivity contribution >= 4 is 39.1 Å². The van der Waals surface area contributed by atoms with Gasteiger partial charge in [-0.25, -0.2) is 4.98 Å². The van der Waals surface area contributed by atoms with Crippen molar-refractivity contribution in [1.29, 1.82) is 0 Å². The molecule has 9 heteroatoms. The fraction of sp³-hybridized carbons (Fsp3) is 0.188. The Morgan fingerprint density at radius 3 is 2.72 bits per heavy atom. The molecule has 2 aromatic heterocycles. The highest BCUT2D eigenvalue weighted by atomic mass is 32.2. The van der Waals surface area contributed by atoms with E-state index >= 15 is 0 Å². The van der Waals surface area contributed by atoms with Crippen LogP contribution in [0.25, 0.3) is 10.2 Å². The molecule has 0 N–H and O–H groups in total. The Bertz CT molecular complexity index is 968. The molecule has 0 radical (unpaired) electrons. The van der Waals surface area contributed by atoms with Crippen molar-refractivity contribution in [2.24, 2.45) is 7.05 Å². The number of ether oxygens (including phenoxy) is 1. The Balaban J connectivity index is 1.72. The highest BCUT2D eigenvalue weighted by molar-refractivity contribution is 7.99. The van der Waals surface area contributed by atoms with Crippen molar-refractivity contribution in [3.8, 4) is 5.75 Å². The minimum Gasteiger partial charge on any atom is -0.435 e. The number of rotatable bonds is 6. The number of thioether (sulfide) groups is 1. The van der Waals surface area contributed by atoms with Gasteiger partial charge in [0.2, 0.25) is 0 Å². The highest BCUT2D eigenvalue weighted by Gasteiger charge is 2.13. The Morgan fingerprint density at radius 2 is 2.04 bits per heavy atom. The van der Waals surface area contributed by atoms with Crippen LogP contribution in [0.5, 0.6) is 5.75 Å². The van der Waals surface area contributed by atoms with Crippen molar-refractivity contribution in [2.75, 3.05) is 5.75 Å². The minimum atomic E-state index is -2.91. The standard InChI is InChI=1S/C16H12F2N2O3S2/c1-20-14(22)11-6-7-24-13(11)19-16(20)25-8-12(21)9-2-4-10(5-3-9)23-15(17)18/h2-7,15H,8H2,1H3. The number of carbonyl (C=O) groups is 1. The summed E-state index contributed by atoms with van der Waals surface area (Å²) in [5.74, 6) is -0.132. The molecule has 5 nitrogen and oxygen atoms in total. The summed E-state index contributed by atoms with van der Waals surface area (Å²) >= 11 is 2.52. The predicted octanol–water partition coefficient (Wildman–Crippen LogP) is 3.57. The van der Waals surface area contributed by atoms with Crippen LogP contribution in [0.1, 0.15) is 10.4 Å². The van der Waals surface area contributed by atoms with Gasteiger partial charge >= 0.3 is 6.61 Å². The molecule has 3 rings (SSSR count). The number of thiophene rings is 1. The number of fused-ring (bicyclic) bond motifs is 1. The van der Waals surface area contributed by atoms with E-state index in [1.54, 1.807) is 18.5 Å². The van der Waals surface area contributed by atoms with Crippen molar-refractivity contribution in [3.05, 3.63) is 51.6 Å². The average Bonchev–Trinajstić information content (AvgIpc) is 3.05. The summed E-state index contributed by atoms with van der Waals surface area (Å²) in [6.07, 6.45) is 0. The number of hydrogen-bond donors (Lipinski definition) is 0. The van der Waals surface area contributed by atoms with Gasteiger partial charge in [-0.05, 0) is 35.7 Å². The first kappa shape index (κ1) is 17.6. The second-order valence-electron chi connectivity index (χ2n) is 5.01. The molecule has 25 heavy (non-hydrogen) atoms. The summed E-state index contributed by atoms with van der Waals surface area (Å²) in [6.45, 7) is -2.91. The van der Waals surface area contributed by atoms with E-state index in [0.29, 0.717) is 20.9 Å². The van der Waals surface area contributed by atoms with Gasteiger partial charge in [-0.15, -0.1) is 11.3 Å². The van der Waals surface area contributed by atoms with Crippen LogP contribution in [0.2, 0.25) is 0 Å². The highest BCUT2D eigenvalue weighted by Crippen LogP contribution is 2.22. The molecule has 0 atom stereocenters. The van der Waals surface area contributed by atoms with Gasteiger partial charge in [0.1, 0.15) is 10.6 Å². The molecule has 0 saturated carbocycles. The summed E-state index contributed by atoms with van der Waals surface area (Å²) in [7, 11) is 1.61. The van der Waals surface area contributed by atoms with Crippen molar-refractivity contribution < 1.29 is 18.3 Å². The van der Waals surface area contributed by atoms with Crippen LogP contribution in [-0.4, -0.2) is 27.7 Å². The zero-order chi connectivity index (χ0) is 18.0. The third kappa shape index (κ3) is 3.88. The average molecular weight is 382 g/mol. The van der Waals surface area contributed by atoms with E-state index < -0.39 is 6.61 Å². The van der Waals surface area contributed by atoms with Gasteiger partial charge in [-0.1, -0.05) is 11.8 Å². The first-order chi connectivity index (χ1) is 12.0. The lowest BCUT2D eigenvalue weighted by Crippen LogP contribution is -2.19. The van der Waals surface area contributed by atoms with E-state index in [-0.39, 0.29) is 22.8 Å². The third-order valence-electron chi connectivity index (χ3n) is 3.40. The molecular formula is C16H12F2N2O3S2. The van der Waals surface area contributed by atoms with E-state index in [1.165, 1.54) is 40.2 Å². The molecule has 0 amide bonds. The summed E-state index contributed by atoms with van der Waals surface area (Å²) in [6, 6.07) is 7.20. The number of carbonyl (C=O) groups excluding carboxylic acids is 1. The van der Waals surface area contributed by atoms with E-state index in [4.69, 9.17) is 0 Å². The first-order valence-electron chi connectivity index (χ1n) is 7.11. The lowest BCUT2D eigenvalue weighted by molar-refractivity contribution is -0.0498. The Kier molecular flexibility index (Phi) is 5.14. The number of ketones is 1. The largest absolute Gasteiger partial charge is 0.435 e. The van der Waals surface area contributed by atoms with E-state index in [9.17, 15) is 18.4 Å². The van der Waals surface area contributed by atoms with Gasteiger partial charge in [0.05, 0.1) is 11.1 Å². The minimum absolute atomic E-state index is 0.00795. The van der Waals surface area contributed by atoms with Gasteiger partial charge in [0, 0.05) is 12.6 Å². The summed E-state index contributed by atoms with van der Waals surface area (Å²) in [5, 5.41) is 2.80. The SMILES string of the molecule is Cn1c(SCC(=O)c2ccc(OC(F)F)cc2)nc2sccc2c1=O. The number of halogens is 2. The number of Topliss-reactive ketones (excluding diaryl/α,β-unsaturated/α-hetero) is 1. The molecule has 0 spiro atoms. The van der Waals surface area contributed by atoms with Gasteiger partial charge in [0.25, 0.3) is 5.56 Å². The fourth-order valence-corrected chi connectivity index (χ4v) is 3.82. The molecular weight excluding hydrogens is 370 g/mol. The zero-order valence-corrected chi connectivity index (χ0v) is 14.6. The van der Waals surface area contributed by atoms with Crippen LogP contribution in [0.4, 0.5) is 8.78 Å². The molecule has 3 aromatic rings. The molecule has 0 saturated heterocycles. The molecule has 0 unspecified atom stereocenters. The number of aromatic nitrogens is 2. The maximum Gasteiger partial charge on any atom is 0.387 e. The molecule has 0 aliphatic rings. The molecule has 2 heterocycles. The molecule has 0 aliphatic carbocycles. The number of alkyl halides is 2. The van der Waals surface area contributed by atoms with Gasteiger partial charge < -0.3 is 4.74 Å². The second kappa shape index (κ2) is 7.32. The van der Waals surface area contributed by atoms with Crippen LogP contribution in [-0.2, 0) is 7.05 Å². The quantitative estimate of drug-likeness (QED) is 0.371. The number of benzene rings is 1. The van der Waals surface area contributed by atoms with E-state index in [0.717, 1.165) is 11.8 Å². The van der Waals surface area contributed by atoms with Crippen LogP contribution >= 0.6 is 23.1 Å². The van der Waals surface area contributed by atoms with Crippen LogP contribution in [0.3, 0.4) is 0 Å². The van der Waals surface area contributed by atoms with Gasteiger partial charge in [0.15, 0.2) is 10.9 Å². The number of nitrogens with zero attached hydrogens (tertiary/aromatic N) is 2. The zero-order valence-electron chi connectivity index (χ0n) is 12.9. The molecule has 130 valence electrons. The lowest BCUT2D eigenvalue weighted by Gasteiger charge is -2.07. The Morgan fingerprint density at radius 1 is 1.32 bits per heavy atom. The van der Waals surface area contributed by atoms with E-state index in [1.807, 2.05) is 0 Å². The molecule has 0 bridgehead atoms. The van der Waals surface area contributed by atoms with Crippen molar-refractivity contribution in [3.63, 3.8) is 0 Å². The fourth-order valence-electron chi connectivity index (χ4n) is 2.14. The smallest absolute Gasteiger partial charge is 0.387 e. The van der Waals surface area contributed by atoms with Crippen molar-refractivity contribution in [1.82, 2.24) is 9.55 Å².